The number of rotatable bonds is 0. The molecule has 0 unspecified atom stereocenters. The van der Waals surface area contributed by atoms with E-state index in [1.807, 2.05) is 30.3 Å². The smallest absolute Gasteiger partial charge is 0.0245 e. The average molecular weight is 172 g/mol. The Morgan fingerprint density at radius 3 is 2.23 bits per heavy atom. The lowest BCUT2D eigenvalue weighted by Gasteiger charge is -2.12. The molecule has 13 heavy (non-hydrogen) atoms. The monoisotopic (exact) mass is 172 g/mol. The molecule has 1 aromatic rings. The van der Waals surface area contributed by atoms with Crippen LogP contribution in [0.25, 0.3) is 0 Å². The van der Waals surface area contributed by atoms with E-state index in [1.54, 1.807) is 0 Å². The van der Waals surface area contributed by atoms with Gasteiger partial charge in [0.2, 0.25) is 0 Å². The second-order valence-corrected chi connectivity index (χ2v) is 4.41. The zero-order valence-electron chi connectivity index (χ0n) is 8.59. The SMILES string of the molecule is CC(C)(C)CC#Cc1ccccc1. The summed E-state index contributed by atoms with van der Waals surface area (Å²) in [4.78, 5) is 0. The van der Waals surface area contributed by atoms with Crippen LogP contribution in [0.2, 0.25) is 0 Å². The van der Waals surface area contributed by atoms with Crippen LogP contribution in [0, 0.1) is 17.3 Å². The molecule has 0 N–H and O–H groups in total. The van der Waals surface area contributed by atoms with E-state index in [4.69, 9.17) is 0 Å². The zero-order valence-corrected chi connectivity index (χ0v) is 8.59. The summed E-state index contributed by atoms with van der Waals surface area (Å²) in [6.07, 6.45) is 0.946. The van der Waals surface area contributed by atoms with E-state index in [1.165, 1.54) is 0 Å². The van der Waals surface area contributed by atoms with Crippen molar-refractivity contribution in [1.29, 1.82) is 0 Å². The first-order valence-electron chi connectivity index (χ1n) is 4.62. The highest BCUT2D eigenvalue weighted by atomic mass is 14.1. The molecule has 0 aromatic heterocycles. The molecule has 0 aliphatic carbocycles. The van der Waals surface area contributed by atoms with Crippen molar-refractivity contribution in [2.45, 2.75) is 27.2 Å². The lowest BCUT2D eigenvalue weighted by molar-refractivity contribution is 0.428. The van der Waals surface area contributed by atoms with Gasteiger partial charge in [0.25, 0.3) is 0 Å². The van der Waals surface area contributed by atoms with E-state index in [-0.39, 0.29) is 0 Å². The fourth-order valence-electron chi connectivity index (χ4n) is 0.933. The van der Waals surface area contributed by atoms with Gasteiger partial charge in [-0.2, -0.15) is 0 Å². The van der Waals surface area contributed by atoms with Gasteiger partial charge in [-0.1, -0.05) is 50.8 Å². The van der Waals surface area contributed by atoms with Gasteiger partial charge in [0.1, 0.15) is 0 Å². The van der Waals surface area contributed by atoms with Crippen LogP contribution in [0.5, 0.6) is 0 Å². The molecular formula is C13H16. The summed E-state index contributed by atoms with van der Waals surface area (Å²) in [7, 11) is 0. The van der Waals surface area contributed by atoms with Gasteiger partial charge in [0, 0.05) is 12.0 Å². The molecule has 0 atom stereocenters. The highest BCUT2D eigenvalue weighted by Gasteiger charge is 2.06. The zero-order chi connectivity index (χ0) is 9.73. The Balaban J connectivity index is 2.59. The van der Waals surface area contributed by atoms with Gasteiger partial charge >= 0.3 is 0 Å². The normalized spacial score (nSPS) is 10.4. The third-order valence-corrected chi connectivity index (χ3v) is 1.63. The molecule has 0 saturated carbocycles. The molecule has 0 spiro atoms. The topological polar surface area (TPSA) is 0 Å². The van der Waals surface area contributed by atoms with Gasteiger partial charge in [-0.15, -0.1) is 0 Å². The third kappa shape index (κ3) is 4.38. The van der Waals surface area contributed by atoms with E-state index < -0.39 is 0 Å². The maximum absolute atomic E-state index is 3.19. The van der Waals surface area contributed by atoms with Crippen LogP contribution >= 0.6 is 0 Å². The van der Waals surface area contributed by atoms with E-state index >= 15 is 0 Å². The van der Waals surface area contributed by atoms with Crippen LogP contribution < -0.4 is 0 Å². The highest BCUT2D eigenvalue weighted by Crippen LogP contribution is 2.16. The van der Waals surface area contributed by atoms with Crippen molar-refractivity contribution in [1.82, 2.24) is 0 Å². The molecule has 1 rings (SSSR count). The maximum atomic E-state index is 3.19. The first-order chi connectivity index (χ1) is 6.08. The van der Waals surface area contributed by atoms with Crippen molar-refractivity contribution in [3.63, 3.8) is 0 Å². The quantitative estimate of drug-likeness (QED) is 0.526. The van der Waals surface area contributed by atoms with Crippen LogP contribution in [0.4, 0.5) is 0 Å². The Hall–Kier alpha value is -1.22. The van der Waals surface area contributed by atoms with Gasteiger partial charge in [0.05, 0.1) is 0 Å². The number of hydrogen-bond acceptors (Lipinski definition) is 0. The van der Waals surface area contributed by atoms with Gasteiger partial charge < -0.3 is 0 Å². The molecule has 0 fully saturated rings. The average Bonchev–Trinajstić information content (AvgIpc) is 2.04. The van der Waals surface area contributed by atoms with Crippen molar-refractivity contribution >= 4 is 0 Å². The highest BCUT2D eigenvalue weighted by molar-refractivity contribution is 5.33. The Bertz CT molecular complexity index is 303. The van der Waals surface area contributed by atoms with Gasteiger partial charge in [-0.3, -0.25) is 0 Å². The van der Waals surface area contributed by atoms with Crippen LogP contribution in [0.15, 0.2) is 30.3 Å². The molecule has 68 valence electrons. The summed E-state index contributed by atoms with van der Waals surface area (Å²) in [5, 5.41) is 0. The van der Waals surface area contributed by atoms with Crippen molar-refractivity contribution in [3.8, 4) is 11.8 Å². The molecule has 0 heteroatoms. The second-order valence-electron chi connectivity index (χ2n) is 4.41. The van der Waals surface area contributed by atoms with Crippen molar-refractivity contribution < 1.29 is 0 Å². The minimum Gasteiger partial charge on any atom is -0.0973 e. The van der Waals surface area contributed by atoms with E-state index in [9.17, 15) is 0 Å². The van der Waals surface area contributed by atoms with Crippen LogP contribution in [0.1, 0.15) is 32.8 Å². The lowest BCUT2D eigenvalue weighted by atomic mass is 9.93. The van der Waals surface area contributed by atoms with Gasteiger partial charge in [-0.25, -0.2) is 0 Å². The van der Waals surface area contributed by atoms with Crippen molar-refractivity contribution in [2.75, 3.05) is 0 Å². The first-order valence-corrected chi connectivity index (χ1v) is 4.62. The summed E-state index contributed by atoms with van der Waals surface area (Å²) in [6, 6.07) is 10.1. The molecule has 0 heterocycles. The van der Waals surface area contributed by atoms with E-state index in [0.717, 1.165) is 12.0 Å². The molecule has 0 aliphatic heterocycles. The van der Waals surface area contributed by atoms with Crippen molar-refractivity contribution in [2.24, 2.45) is 5.41 Å². The van der Waals surface area contributed by atoms with E-state index in [2.05, 4.69) is 32.6 Å². The number of benzene rings is 1. The fourth-order valence-corrected chi connectivity index (χ4v) is 0.933. The Labute approximate surface area is 81.0 Å². The van der Waals surface area contributed by atoms with Gasteiger partial charge in [-0.05, 0) is 17.5 Å². The molecular weight excluding hydrogens is 156 g/mol. The van der Waals surface area contributed by atoms with E-state index in [0.29, 0.717) is 5.41 Å². The minimum absolute atomic E-state index is 0.307. The molecule has 0 nitrogen and oxygen atoms in total. The second kappa shape index (κ2) is 4.14. The minimum atomic E-state index is 0.307. The molecule has 0 radical (unpaired) electrons. The Morgan fingerprint density at radius 1 is 1.08 bits per heavy atom. The summed E-state index contributed by atoms with van der Waals surface area (Å²) >= 11 is 0. The predicted octanol–water partition coefficient (Wildman–Crippen LogP) is 3.47. The predicted molar refractivity (Wildman–Crippen MR) is 57.4 cm³/mol. The van der Waals surface area contributed by atoms with Crippen molar-refractivity contribution in [3.05, 3.63) is 35.9 Å². The molecule has 0 amide bonds. The number of hydrogen-bond donors (Lipinski definition) is 0. The van der Waals surface area contributed by atoms with Crippen LogP contribution in [-0.4, -0.2) is 0 Å². The standard InChI is InChI=1S/C13H16/c1-13(2,3)11-7-10-12-8-5-4-6-9-12/h4-6,8-9H,11H2,1-3H3. The summed E-state index contributed by atoms with van der Waals surface area (Å²) < 4.78 is 0. The first kappa shape index (κ1) is 9.86. The summed E-state index contributed by atoms with van der Waals surface area (Å²) in [5.41, 5.74) is 1.41. The largest absolute Gasteiger partial charge is 0.0973 e. The molecule has 0 bridgehead atoms. The summed E-state index contributed by atoms with van der Waals surface area (Å²) in [5.74, 6) is 6.34. The molecule has 0 saturated heterocycles. The summed E-state index contributed by atoms with van der Waals surface area (Å²) in [6.45, 7) is 6.60. The maximum Gasteiger partial charge on any atom is 0.0245 e. The fraction of sp³-hybridized carbons (Fsp3) is 0.385. The Morgan fingerprint density at radius 2 is 1.69 bits per heavy atom. The Kier molecular flexibility index (Phi) is 3.14. The lowest BCUT2D eigenvalue weighted by Crippen LogP contribution is -2.02. The van der Waals surface area contributed by atoms with Gasteiger partial charge in [0.15, 0.2) is 0 Å². The van der Waals surface area contributed by atoms with Crippen LogP contribution in [-0.2, 0) is 0 Å². The molecule has 0 aliphatic rings. The van der Waals surface area contributed by atoms with Crippen LogP contribution in [0.3, 0.4) is 0 Å². The molecule has 1 aromatic carbocycles. The third-order valence-electron chi connectivity index (χ3n) is 1.63.